The molecule has 1 N–H and O–H groups in total. The molecule has 0 bridgehead atoms. The van der Waals surface area contributed by atoms with Crippen molar-refractivity contribution >= 4 is 27.0 Å². The summed E-state index contributed by atoms with van der Waals surface area (Å²) in [4.78, 5) is 24.3. The number of fused-ring (bicyclic) bond motifs is 1. The third-order valence-electron chi connectivity index (χ3n) is 6.45. The summed E-state index contributed by atoms with van der Waals surface area (Å²) in [7, 11) is -3.70. The quantitative estimate of drug-likeness (QED) is 0.469. The zero-order valence-electron chi connectivity index (χ0n) is 19.4. The van der Waals surface area contributed by atoms with Crippen LogP contribution in [0.2, 0.25) is 0 Å². The second-order valence-electron chi connectivity index (χ2n) is 8.73. The van der Waals surface area contributed by atoms with Crippen molar-refractivity contribution in [3.63, 3.8) is 0 Å². The minimum atomic E-state index is -3.70. The number of benzene rings is 2. The first kappa shape index (κ1) is 24.2. The van der Waals surface area contributed by atoms with E-state index in [0.717, 1.165) is 12.8 Å². The highest BCUT2D eigenvalue weighted by molar-refractivity contribution is 7.89. The molecule has 1 aliphatic heterocycles. The highest BCUT2D eigenvalue weighted by Crippen LogP contribution is 2.27. The second kappa shape index (κ2) is 10.6. The van der Waals surface area contributed by atoms with E-state index in [-0.39, 0.29) is 22.3 Å². The molecule has 1 aliphatic rings. The Kier molecular flexibility index (Phi) is 7.53. The molecule has 34 heavy (non-hydrogen) atoms. The average Bonchev–Trinajstić information content (AvgIpc) is 3.17. The number of carbonyl (C=O) groups is 1. The van der Waals surface area contributed by atoms with Crippen LogP contribution in [-0.2, 0) is 27.8 Å². The number of sulfonamides is 1. The molecule has 4 rings (SSSR count). The van der Waals surface area contributed by atoms with Gasteiger partial charge in [0.15, 0.2) is 5.58 Å². The van der Waals surface area contributed by atoms with Crippen LogP contribution in [0.25, 0.3) is 11.1 Å². The van der Waals surface area contributed by atoms with Crippen molar-refractivity contribution < 1.29 is 17.6 Å². The van der Waals surface area contributed by atoms with Crippen LogP contribution in [0.4, 0.5) is 0 Å². The van der Waals surface area contributed by atoms with Crippen molar-refractivity contribution in [2.24, 2.45) is 5.92 Å². The molecule has 1 amide bonds. The van der Waals surface area contributed by atoms with E-state index in [1.165, 1.54) is 26.6 Å². The number of aromatic nitrogens is 1. The summed E-state index contributed by atoms with van der Waals surface area (Å²) in [5.74, 6) is -0.304. The van der Waals surface area contributed by atoms with Crippen LogP contribution in [-0.4, -0.2) is 42.8 Å². The molecule has 2 heterocycles. The summed E-state index contributed by atoms with van der Waals surface area (Å²) in [5.41, 5.74) is 2.11. The predicted octanol–water partition coefficient (Wildman–Crippen LogP) is 3.15. The van der Waals surface area contributed by atoms with E-state index in [1.807, 2.05) is 25.1 Å². The molecule has 1 saturated heterocycles. The first-order chi connectivity index (χ1) is 16.4. The molecule has 182 valence electrons. The Hall–Kier alpha value is -2.91. The Balaban J connectivity index is 1.27. The fourth-order valence-electron chi connectivity index (χ4n) is 4.51. The number of piperidine rings is 1. The van der Waals surface area contributed by atoms with E-state index in [9.17, 15) is 18.0 Å². The van der Waals surface area contributed by atoms with Gasteiger partial charge in [0.1, 0.15) is 0 Å². The molecule has 1 aromatic heterocycles. The summed E-state index contributed by atoms with van der Waals surface area (Å²) in [6.07, 6.45) is 3.51. The van der Waals surface area contributed by atoms with E-state index in [2.05, 4.69) is 17.4 Å². The van der Waals surface area contributed by atoms with E-state index < -0.39 is 15.8 Å². The summed E-state index contributed by atoms with van der Waals surface area (Å²) in [6, 6.07) is 14.7. The highest BCUT2D eigenvalue weighted by atomic mass is 32.2. The number of nitrogens with zero attached hydrogens (tertiary/aromatic N) is 2. The lowest BCUT2D eigenvalue weighted by Gasteiger charge is -2.31. The topological polar surface area (TPSA) is 102 Å². The van der Waals surface area contributed by atoms with Gasteiger partial charge in [0.2, 0.25) is 15.9 Å². The summed E-state index contributed by atoms with van der Waals surface area (Å²) < 4.78 is 34.4. The Labute approximate surface area is 199 Å². The van der Waals surface area contributed by atoms with Crippen LogP contribution >= 0.6 is 0 Å². The van der Waals surface area contributed by atoms with E-state index in [1.54, 1.807) is 6.07 Å². The molecule has 0 spiro atoms. The average molecular weight is 486 g/mol. The molecule has 0 radical (unpaired) electrons. The van der Waals surface area contributed by atoms with Crippen molar-refractivity contribution in [3.05, 3.63) is 64.6 Å². The summed E-state index contributed by atoms with van der Waals surface area (Å²) >= 11 is 0. The molecule has 0 aliphatic carbocycles. The standard InChI is InChI=1S/C25H31N3O5S/c1-2-28-22-11-10-21(18-23(22)33-25(28)30)34(31,32)27-15-12-20(13-16-27)17-24(29)26-14-6-9-19-7-4-3-5-8-19/h3-5,7-8,10-11,18,20H,2,6,9,12-17H2,1H3,(H,26,29). The minimum Gasteiger partial charge on any atom is -0.408 e. The lowest BCUT2D eigenvalue weighted by Crippen LogP contribution is -2.39. The van der Waals surface area contributed by atoms with Crippen LogP contribution in [0.15, 0.2) is 62.6 Å². The van der Waals surface area contributed by atoms with Gasteiger partial charge >= 0.3 is 5.76 Å². The molecule has 2 aromatic carbocycles. The Morgan fingerprint density at radius 3 is 2.56 bits per heavy atom. The number of amides is 1. The van der Waals surface area contributed by atoms with Crippen LogP contribution in [0.1, 0.15) is 38.2 Å². The lowest BCUT2D eigenvalue weighted by molar-refractivity contribution is -0.122. The molecule has 3 aromatic rings. The zero-order valence-corrected chi connectivity index (χ0v) is 20.2. The lowest BCUT2D eigenvalue weighted by atomic mass is 9.94. The maximum absolute atomic E-state index is 13.1. The molecular formula is C25H31N3O5S. The summed E-state index contributed by atoms with van der Waals surface area (Å²) in [6.45, 7) is 3.65. The van der Waals surface area contributed by atoms with Crippen molar-refractivity contribution in [1.29, 1.82) is 0 Å². The number of hydrogen-bond donors (Lipinski definition) is 1. The molecule has 0 saturated carbocycles. The van der Waals surface area contributed by atoms with Gasteiger partial charge in [-0.3, -0.25) is 9.36 Å². The number of aryl methyl sites for hydroxylation is 2. The van der Waals surface area contributed by atoms with Gasteiger partial charge in [-0.05, 0) is 56.2 Å². The number of carbonyl (C=O) groups excluding carboxylic acids is 1. The van der Waals surface area contributed by atoms with E-state index in [4.69, 9.17) is 4.42 Å². The van der Waals surface area contributed by atoms with E-state index >= 15 is 0 Å². The van der Waals surface area contributed by atoms with E-state index in [0.29, 0.717) is 51.0 Å². The van der Waals surface area contributed by atoms with Gasteiger partial charge in [0, 0.05) is 38.7 Å². The van der Waals surface area contributed by atoms with Crippen LogP contribution in [0.3, 0.4) is 0 Å². The minimum absolute atomic E-state index is 0.0234. The van der Waals surface area contributed by atoms with Gasteiger partial charge in [-0.1, -0.05) is 30.3 Å². The predicted molar refractivity (Wildman–Crippen MR) is 130 cm³/mol. The van der Waals surface area contributed by atoms with Gasteiger partial charge in [0.25, 0.3) is 0 Å². The van der Waals surface area contributed by atoms with Gasteiger partial charge in [0.05, 0.1) is 10.4 Å². The third-order valence-corrected chi connectivity index (χ3v) is 8.34. The van der Waals surface area contributed by atoms with Crippen molar-refractivity contribution in [1.82, 2.24) is 14.2 Å². The SMILES string of the molecule is CCn1c(=O)oc2cc(S(=O)(=O)N3CCC(CC(=O)NCCCc4ccccc4)CC3)ccc21. The molecule has 0 unspecified atom stereocenters. The molecular weight excluding hydrogens is 454 g/mol. The molecule has 9 heteroatoms. The second-order valence-corrected chi connectivity index (χ2v) is 10.7. The highest BCUT2D eigenvalue weighted by Gasteiger charge is 2.30. The van der Waals surface area contributed by atoms with Crippen LogP contribution in [0.5, 0.6) is 0 Å². The summed E-state index contributed by atoms with van der Waals surface area (Å²) in [5, 5.41) is 2.99. The van der Waals surface area contributed by atoms with Gasteiger partial charge in [-0.2, -0.15) is 4.31 Å². The number of nitrogens with one attached hydrogen (secondary N) is 1. The molecule has 0 atom stereocenters. The monoisotopic (exact) mass is 485 g/mol. The Bertz CT molecular complexity index is 1290. The van der Waals surface area contributed by atoms with Gasteiger partial charge in [-0.25, -0.2) is 13.2 Å². The van der Waals surface area contributed by atoms with Gasteiger partial charge < -0.3 is 9.73 Å². The first-order valence-corrected chi connectivity index (χ1v) is 13.3. The largest absolute Gasteiger partial charge is 0.419 e. The number of oxazole rings is 1. The third kappa shape index (κ3) is 5.42. The van der Waals surface area contributed by atoms with Crippen LogP contribution in [0, 0.1) is 5.92 Å². The zero-order chi connectivity index (χ0) is 24.1. The van der Waals surface area contributed by atoms with Crippen molar-refractivity contribution in [2.45, 2.75) is 50.5 Å². The number of hydrogen-bond acceptors (Lipinski definition) is 5. The van der Waals surface area contributed by atoms with Crippen molar-refractivity contribution in [2.75, 3.05) is 19.6 Å². The van der Waals surface area contributed by atoms with Gasteiger partial charge in [-0.15, -0.1) is 0 Å². The van der Waals surface area contributed by atoms with Crippen LogP contribution < -0.4 is 11.1 Å². The fourth-order valence-corrected chi connectivity index (χ4v) is 5.99. The smallest absolute Gasteiger partial charge is 0.408 e. The maximum Gasteiger partial charge on any atom is 0.419 e. The fraction of sp³-hybridized carbons (Fsp3) is 0.440. The Morgan fingerprint density at radius 1 is 1.12 bits per heavy atom. The normalized spacial score (nSPS) is 15.6. The van der Waals surface area contributed by atoms with Crippen molar-refractivity contribution in [3.8, 4) is 0 Å². The number of rotatable bonds is 9. The molecule has 1 fully saturated rings. The maximum atomic E-state index is 13.1. The Morgan fingerprint density at radius 2 is 1.85 bits per heavy atom. The first-order valence-electron chi connectivity index (χ1n) is 11.8. The molecule has 8 nitrogen and oxygen atoms in total.